The van der Waals surface area contributed by atoms with Gasteiger partial charge in [0.1, 0.15) is 0 Å². The van der Waals surface area contributed by atoms with E-state index in [9.17, 15) is 18.0 Å². The third-order valence-electron chi connectivity index (χ3n) is 2.44. The van der Waals surface area contributed by atoms with Crippen molar-refractivity contribution in [1.29, 1.82) is 0 Å². The Morgan fingerprint density at radius 1 is 1.47 bits per heavy atom. The van der Waals surface area contributed by atoms with Gasteiger partial charge in [-0.15, -0.1) is 11.8 Å². The first-order chi connectivity index (χ1) is 8.82. The van der Waals surface area contributed by atoms with Gasteiger partial charge in [-0.05, 0) is 24.6 Å². The van der Waals surface area contributed by atoms with Gasteiger partial charge in [-0.1, -0.05) is 13.0 Å². The summed E-state index contributed by atoms with van der Waals surface area (Å²) in [5.74, 6) is 4.67. The monoisotopic (exact) mass is 292 g/mol. The summed E-state index contributed by atoms with van der Waals surface area (Å²) in [5.41, 5.74) is 1.35. The van der Waals surface area contributed by atoms with Crippen LogP contribution in [0.2, 0.25) is 0 Å². The van der Waals surface area contributed by atoms with Crippen molar-refractivity contribution in [3.05, 3.63) is 29.8 Å². The summed E-state index contributed by atoms with van der Waals surface area (Å²) < 4.78 is 37.6. The number of benzene rings is 1. The van der Waals surface area contributed by atoms with Gasteiger partial charge >= 0.3 is 6.18 Å². The molecule has 1 aromatic rings. The van der Waals surface area contributed by atoms with Crippen LogP contribution in [0.1, 0.15) is 25.3 Å². The Bertz CT molecular complexity index is 437. The van der Waals surface area contributed by atoms with Crippen molar-refractivity contribution in [2.75, 3.05) is 0 Å². The number of hydrogen-bond donors (Lipinski definition) is 2. The van der Waals surface area contributed by atoms with Crippen molar-refractivity contribution < 1.29 is 18.0 Å². The number of halogens is 3. The quantitative estimate of drug-likeness (QED) is 0.380. The van der Waals surface area contributed by atoms with Crippen molar-refractivity contribution in [3.8, 4) is 0 Å². The molecule has 1 amide bonds. The summed E-state index contributed by atoms with van der Waals surface area (Å²) in [6, 6.07) is 5.16. The zero-order valence-corrected chi connectivity index (χ0v) is 11.1. The molecule has 3 nitrogen and oxygen atoms in total. The predicted molar refractivity (Wildman–Crippen MR) is 68.3 cm³/mol. The third-order valence-corrected chi connectivity index (χ3v) is 3.60. The highest BCUT2D eigenvalue weighted by Gasteiger charge is 2.30. The maximum atomic E-state index is 12.5. The van der Waals surface area contributed by atoms with Gasteiger partial charge in [0.15, 0.2) is 0 Å². The van der Waals surface area contributed by atoms with Gasteiger partial charge < -0.3 is 0 Å². The summed E-state index contributed by atoms with van der Waals surface area (Å²) >= 11 is 1.31. The lowest BCUT2D eigenvalue weighted by atomic mass is 10.2. The molecule has 0 aliphatic heterocycles. The molecule has 0 spiro atoms. The molecule has 7 heteroatoms. The van der Waals surface area contributed by atoms with Gasteiger partial charge in [0.2, 0.25) is 5.91 Å². The Morgan fingerprint density at radius 3 is 2.74 bits per heavy atom. The van der Waals surface area contributed by atoms with Crippen LogP contribution in [0.4, 0.5) is 13.2 Å². The second-order valence-corrected chi connectivity index (χ2v) is 5.57. The molecule has 1 atom stereocenters. The van der Waals surface area contributed by atoms with Crippen molar-refractivity contribution in [3.63, 3.8) is 0 Å². The lowest BCUT2D eigenvalue weighted by Gasteiger charge is -2.12. The van der Waals surface area contributed by atoms with Gasteiger partial charge in [0.05, 0.1) is 5.56 Å². The highest BCUT2D eigenvalue weighted by molar-refractivity contribution is 7.99. The second-order valence-electron chi connectivity index (χ2n) is 4.06. The molecule has 0 aliphatic carbocycles. The van der Waals surface area contributed by atoms with Gasteiger partial charge in [-0.2, -0.15) is 13.2 Å². The minimum absolute atomic E-state index is 0.0285. The number of thioether (sulfide) groups is 1. The van der Waals surface area contributed by atoms with Crippen LogP contribution < -0.4 is 11.3 Å². The fourth-order valence-electron chi connectivity index (χ4n) is 1.44. The number of rotatable bonds is 5. The van der Waals surface area contributed by atoms with Gasteiger partial charge in [0, 0.05) is 16.6 Å². The topological polar surface area (TPSA) is 55.1 Å². The van der Waals surface area contributed by atoms with Gasteiger partial charge in [-0.3, -0.25) is 10.2 Å². The normalized spacial score (nSPS) is 13.1. The molecule has 106 valence electrons. The number of carbonyl (C=O) groups excluding carboxylic acids is 1. The maximum absolute atomic E-state index is 12.5. The number of hydrogen-bond acceptors (Lipinski definition) is 3. The Hall–Kier alpha value is -1.21. The first kappa shape index (κ1) is 15.8. The van der Waals surface area contributed by atoms with Crippen LogP contribution in [-0.4, -0.2) is 11.2 Å². The number of carbonyl (C=O) groups is 1. The summed E-state index contributed by atoms with van der Waals surface area (Å²) in [5, 5.41) is 0.0285. The molecule has 19 heavy (non-hydrogen) atoms. The number of nitrogens with one attached hydrogen (secondary N) is 1. The molecule has 0 radical (unpaired) electrons. The summed E-state index contributed by atoms with van der Waals surface area (Å²) in [7, 11) is 0. The van der Waals surface area contributed by atoms with E-state index in [-0.39, 0.29) is 17.6 Å². The zero-order chi connectivity index (χ0) is 14.5. The molecule has 0 saturated heterocycles. The van der Waals surface area contributed by atoms with E-state index in [1.165, 1.54) is 17.8 Å². The molecule has 3 N–H and O–H groups in total. The van der Waals surface area contributed by atoms with Crippen LogP contribution in [0.15, 0.2) is 29.2 Å². The van der Waals surface area contributed by atoms with Crippen molar-refractivity contribution in [1.82, 2.24) is 5.43 Å². The zero-order valence-electron chi connectivity index (χ0n) is 10.3. The minimum Gasteiger partial charge on any atom is -0.294 e. The first-order valence-corrected chi connectivity index (χ1v) is 6.54. The molecular weight excluding hydrogens is 277 g/mol. The Kier molecular flexibility index (Phi) is 5.68. The van der Waals surface area contributed by atoms with E-state index < -0.39 is 11.7 Å². The molecule has 1 aromatic carbocycles. The molecule has 0 aromatic heterocycles. The van der Waals surface area contributed by atoms with Crippen LogP contribution >= 0.6 is 11.8 Å². The van der Waals surface area contributed by atoms with Crippen LogP contribution in [0.3, 0.4) is 0 Å². The smallest absolute Gasteiger partial charge is 0.294 e. The molecule has 1 rings (SSSR count). The molecule has 0 saturated carbocycles. The highest BCUT2D eigenvalue weighted by Crippen LogP contribution is 2.33. The maximum Gasteiger partial charge on any atom is 0.416 e. The molecule has 0 fully saturated rings. The van der Waals surface area contributed by atoms with E-state index in [4.69, 9.17) is 5.84 Å². The second kappa shape index (κ2) is 6.81. The van der Waals surface area contributed by atoms with E-state index in [1.807, 2.05) is 12.3 Å². The molecule has 0 aliphatic rings. The SMILES string of the molecule is CC(CCC(=O)NN)Sc1cccc(C(F)(F)F)c1. The van der Waals surface area contributed by atoms with Crippen molar-refractivity contribution in [2.45, 2.75) is 36.1 Å². The molecular formula is C12H15F3N2OS. The van der Waals surface area contributed by atoms with Crippen LogP contribution in [0.25, 0.3) is 0 Å². The number of alkyl halides is 3. The molecule has 0 bridgehead atoms. The van der Waals surface area contributed by atoms with E-state index >= 15 is 0 Å². The van der Waals surface area contributed by atoms with E-state index in [2.05, 4.69) is 0 Å². The summed E-state index contributed by atoms with van der Waals surface area (Å²) in [6.07, 6.45) is -3.53. The fraction of sp³-hybridized carbons (Fsp3) is 0.417. The lowest BCUT2D eigenvalue weighted by Crippen LogP contribution is -2.30. The minimum atomic E-state index is -4.33. The van der Waals surface area contributed by atoms with Gasteiger partial charge in [0.25, 0.3) is 0 Å². The average Bonchev–Trinajstić information content (AvgIpc) is 2.35. The highest BCUT2D eigenvalue weighted by atomic mass is 32.2. The number of amides is 1. The molecule has 1 unspecified atom stereocenters. The predicted octanol–water partition coefficient (Wildman–Crippen LogP) is 2.96. The first-order valence-electron chi connectivity index (χ1n) is 5.66. The van der Waals surface area contributed by atoms with Crippen molar-refractivity contribution >= 4 is 17.7 Å². The Labute approximate surface area is 113 Å². The fourth-order valence-corrected chi connectivity index (χ4v) is 2.50. The Balaban J connectivity index is 2.59. The third kappa shape index (κ3) is 5.52. The van der Waals surface area contributed by atoms with Crippen LogP contribution in [0.5, 0.6) is 0 Å². The summed E-state index contributed by atoms with van der Waals surface area (Å²) in [4.78, 5) is 11.5. The van der Waals surface area contributed by atoms with E-state index in [1.54, 1.807) is 6.07 Å². The largest absolute Gasteiger partial charge is 0.416 e. The average molecular weight is 292 g/mol. The number of hydrazine groups is 1. The molecule has 0 heterocycles. The van der Waals surface area contributed by atoms with Crippen LogP contribution in [-0.2, 0) is 11.0 Å². The van der Waals surface area contributed by atoms with Gasteiger partial charge in [-0.25, -0.2) is 5.84 Å². The van der Waals surface area contributed by atoms with Crippen LogP contribution in [0, 0.1) is 0 Å². The van der Waals surface area contributed by atoms with E-state index in [0.29, 0.717) is 11.3 Å². The van der Waals surface area contributed by atoms with Crippen molar-refractivity contribution in [2.24, 2.45) is 5.84 Å². The van der Waals surface area contributed by atoms with E-state index in [0.717, 1.165) is 12.1 Å². The number of nitrogens with two attached hydrogens (primary N) is 1. The standard InChI is InChI=1S/C12H15F3N2OS/c1-8(5-6-11(18)17-16)19-10-4-2-3-9(7-10)12(13,14)15/h2-4,7-8H,5-6,16H2,1H3,(H,17,18). The summed E-state index contributed by atoms with van der Waals surface area (Å²) in [6.45, 7) is 1.86. The Morgan fingerprint density at radius 2 is 2.16 bits per heavy atom. The lowest BCUT2D eigenvalue weighted by molar-refractivity contribution is -0.137.